The molecule has 0 unspecified atom stereocenters. The Morgan fingerprint density at radius 2 is 2.00 bits per heavy atom. The Kier molecular flexibility index (Phi) is 4.82. The number of unbranched alkanes of at least 4 members (excludes halogenated alkanes) is 2. The molecular weight excluding hydrogens is 262 g/mol. The van der Waals surface area contributed by atoms with Crippen molar-refractivity contribution in [1.82, 2.24) is 4.98 Å². The Morgan fingerprint density at radius 1 is 1.16 bits per heavy atom. The minimum atomic E-state index is 0.252. The normalized spacial score (nSPS) is 10.8. The lowest BCUT2D eigenvalue weighted by atomic mass is 10.1. The van der Waals surface area contributed by atoms with E-state index in [1.54, 1.807) is 12.3 Å². The van der Waals surface area contributed by atoms with Crippen LogP contribution in [-0.2, 0) is 0 Å². The Morgan fingerprint density at radius 3 is 2.79 bits per heavy atom. The number of halogens is 1. The molecule has 1 heterocycles. The molecule has 5 heteroatoms. The lowest BCUT2D eigenvalue weighted by Crippen LogP contribution is -2.04. The molecule has 0 aliphatic heterocycles. The molecule has 0 radical (unpaired) electrons. The van der Waals surface area contributed by atoms with E-state index in [0.717, 1.165) is 42.4 Å². The second-order valence-electron chi connectivity index (χ2n) is 4.43. The van der Waals surface area contributed by atoms with E-state index in [1.165, 1.54) is 0 Å². The zero-order chi connectivity index (χ0) is 13.7. The number of nitrogens with one attached hydrogen (secondary N) is 1. The summed E-state index contributed by atoms with van der Waals surface area (Å²) in [5, 5.41) is 14.5. The number of benzene rings is 1. The first kappa shape index (κ1) is 13.9. The molecule has 1 aromatic carbocycles. The Balaban J connectivity index is 2.13. The van der Waals surface area contributed by atoms with Crippen molar-refractivity contribution in [3.05, 3.63) is 29.4 Å². The van der Waals surface area contributed by atoms with Gasteiger partial charge in [0.15, 0.2) is 0 Å². The maximum absolute atomic E-state index is 8.72. The molecule has 0 spiro atoms. The van der Waals surface area contributed by atoms with Gasteiger partial charge in [-0.3, -0.25) is 0 Å². The highest BCUT2D eigenvalue weighted by Crippen LogP contribution is 2.31. The van der Waals surface area contributed by atoms with Crippen LogP contribution in [0, 0.1) is 0 Å². The van der Waals surface area contributed by atoms with Crippen LogP contribution in [0.1, 0.15) is 19.3 Å². The number of aromatic nitrogens is 1. The van der Waals surface area contributed by atoms with Gasteiger partial charge in [-0.25, -0.2) is 4.98 Å². The summed E-state index contributed by atoms with van der Waals surface area (Å²) in [6.45, 7) is 1.08. The van der Waals surface area contributed by atoms with Crippen LogP contribution in [0.2, 0.25) is 5.02 Å². The van der Waals surface area contributed by atoms with Gasteiger partial charge in [0.2, 0.25) is 0 Å². The molecule has 0 saturated heterocycles. The van der Waals surface area contributed by atoms with Gasteiger partial charge in [0, 0.05) is 30.1 Å². The van der Waals surface area contributed by atoms with Gasteiger partial charge in [-0.2, -0.15) is 0 Å². The van der Waals surface area contributed by atoms with Crippen molar-refractivity contribution < 1.29 is 5.11 Å². The molecule has 19 heavy (non-hydrogen) atoms. The molecule has 2 aromatic rings. The van der Waals surface area contributed by atoms with E-state index >= 15 is 0 Å². The van der Waals surface area contributed by atoms with E-state index in [4.69, 9.17) is 22.4 Å². The van der Waals surface area contributed by atoms with Gasteiger partial charge < -0.3 is 16.2 Å². The first-order valence-corrected chi connectivity index (χ1v) is 6.79. The van der Waals surface area contributed by atoms with Crippen molar-refractivity contribution in [2.24, 2.45) is 0 Å². The van der Waals surface area contributed by atoms with Crippen LogP contribution in [0.4, 0.5) is 11.5 Å². The number of nitrogens with zero attached hydrogens (tertiary/aromatic N) is 1. The molecule has 0 saturated carbocycles. The summed E-state index contributed by atoms with van der Waals surface area (Å²) in [4.78, 5) is 4.34. The van der Waals surface area contributed by atoms with Crippen LogP contribution in [-0.4, -0.2) is 23.2 Å². The highest BCUT2D eigenvalue weighted by atomic mass is 35.5. The fourth-order valence-corrected chi connectivity index (χ4v) is 2.18. The molecule has 102 valence electrons. The lowest BCUT2D eigenvalue weighted by Gasteiger charge is -2.10. The van der Waals surface area contributed by atoms with Crippen LogP contribution in [0.25, 0.3) is 10.8 Å². The van der Waals surface area contributed by atoms with Crippen LogP contribution in [0.3, 0.4) is 0 Å². The van der Waals surface area contributed by atoms with Crippen molar-refractivity contribution in [3.63, 3.8) is 0 Å². The van der Waals surface area contributed by atoms with Crippen molar-refractivity contribution in [1.29, 1.82) is 0 Å². The SMILES string of the molecule is Nc1c(Cl)ccc2c(NCCCCCO)nccc12. The van der Waals surface area contributed by atoms with Crippen molar-refractivity contribution in [2.75, 3.05) is 24.2 Å². The van der Waals surface area contributed by atoms with E-state index in [9.17, 15) is 0 Å². The molecular formula is C14H18ClN3O. The molecule has 0 fully saturated rings. The maximum Gasteiger partial charge on any atom is 0.133 e. The first-order chi connectivity index (χ1) is 9.24. The first-order valence-electron chi connectivity index (χ1n) is 6.41. The Hall–Kier alpha value is -1.52. The summed E-state index contributed by atoms with van der Waals surface area (Å²) in [6, 6.07) is 5.59. The maximum atomic E-state index is 8.72. The quantitative estimate of drug-likeness (QED) is 0.561. The number of aliphatic hydroxyl groups is 1. The number of pyridine rings is 1. The van der Waals surface area contributed by atoms with Crippen LogP contribution in [0.15, 0.2) is 24.4 Å². The van der Waals surface area contributed by atoms with Crippen LogP contribution >= 0.6 is 11.6 Å². The standard InChI is InChI=1S/C14H18ClN3O/c15-12-5-4-11-10(13(12)16)6-8-18-14(11)17-7-2-1-3-9-19/h4-6,8,19H,1-3,7,9,16H2,(H,17,18). The fraction of sp³-hybridized carbons (Fsp3) is 0.357. The van der Waals surface area contributed by atoms with Gasteiger partial charge in [0.25, 0.3) is 0 Å². The van der Waals surface area contributed by atoms with Gasteiger partial charge in [0.1, 0.15) is 5.82 Å². The number of aliphatic hydroxyl groups excluding tert-OH is 1. The number of hydrogen-bond donors (Lipinski definition) is 3. The second kappa shape index (κ2) is 6.59. The molecule has 0 atom stereocenters. The number of hydrogen-bond acceptors (Lipinski definition) is 4. The summed E-state index contributed by atoms with van der Waals surface area (Å²) in [6.07, 6.45) is 4.57. The minimum absolute atomic E-state index is 0.252. The highest BCUT2D eigenvalue weighted by Gasteiger charge is 2.06. The van der Waals surface area contributed by atoms with Gasteiger partial charge in [-0.05, 0) is 37.5 Å². The van der Waals surface area contributed by atoms with Gasteiger partial charge in [-0.15, -0.1) is 0 Å². The largest absolute Gasteiger partial charge is 0.397 e. The average molecular weight is 280 g/mol. The number of nitrogen functional groups attached to an aromatic ring is 1. The van der Waals surface area contributed by atoms with E-state index in [-0.39, 0.29) is 6.61 Å². The highest BCUT2D eigenvalue weighted by molar-refractivity contribution is 6.34. The zero-order valence-electron chi connectivity index (χ0n) is 10.7. The smallest absolute Gasteiger partial charge is 0.133 e. The Labute approximate surface area is 117 Å². The van der Waals surface area contributed by atoms with Gasteiger partial charge in [0.05, 0.1) is 10.7 Å². The summed E-state index contributed by atoms with van der Waals surface area (Å²) in [7, 11) is 0. The van der Waals surface area contributed by atoms with Crippen molar-refractivity contribution in [2.45, 2.75) is 19.3 Å². The predicted octanol–water partition coefficient (Wildman–Crippen LogP) is 3.04. The molecule has 4 nitrogen and oxygen atoms in total. The van der Waals surface area contributed by atoms with E-state index in [2.05, 4.69) is 10.3 Å². The average Bonchev–Trinajstić information content (AvgIpc) is 2.43. The van der Waals surface area contributed by atoms with Crippen LogP contribution < -0.4 is 11.1 Å². The third-order valence-electron chi connectivity index (χ3n) is 3.06. The van der Waals surface area contributed by atoms with E-state index in [0.29, 0.717) is 10.7 Å². The lowest BCUT2D eigenvalue weighted by molar-refractivity contribution is 0.283. The second-order valence-corrected chi connectivity index (χ2v) is 4.83. The van der Waals surface area contributed by atoms with Gasteiger partial charge in [-0.1, -0.05) is 11.6 Å². The molecule has 0 aliphatic carbocycles. The summed E-state index contributed by atoms with van der Waals surface area (Å²) < 4.78 is 0. The predicted molar refractivity (Wildman–Crippen MR) is 80.6 cm³/mol. The monoisotopic (exact) mass is 279 g/mol. The summed E-state index contributed by atoms with van der Waals surface area (Å²) in [5.41, 5.74) is 6.55. The molecule has 0 aliphatic rings. The number of rotatable bonds is 6. The molecule has 2 rings (SSSR count). The summed E-state index contributed by atoms with van der Waals surface area (Å²) >= 11 is 6.01. The summed E-state index contributed by atoms with van der Waals surface area (Å²) in [5.74, 6) is 0.824. The minimum Gasteiger partial charge on any atom is -0.397 e. The third kappa shape index (κ3) is 3.28. The van der Waals surface area contributed by atoms with Gasteiger partial charge >= 0.3 is 0 Å². The third-order valence-corrected chi connectivity index (χ3v) is 3.39. The van der Waals surface area contributed by atoms with Crippen molar-refractivity contribution in [3.8, 4) is 0 Å². The van der Waals surface area contributed by atoms with E-state index in [1.807, 2.05) is 12.1 Å². The number of fused-ring (bicyclic) bond motifs is 1. The number of anilines is 2. The molecule has 1 aromatic heterocycles. The van der Waals surface area contributed by atoms with E-state index < -0.39 is 0 Å². The topological polar surface area (TPSA) is 71.2 Å². The van der Waals surface area contributed by atoms with Crippen molar-refractivity contribution >= 4 is 33.9 Å². The zero-order valence-corrected chi connectivity index (χ0v) is 11.5. The fourth-order valence-electron chi connectivity index (χ4n) is 2.01. The number of nitrogens with two attached hydrogens (primary N) is 1. The molecule has 4 N–H and O–H groups in total. The molecule has 0 bridgehead atoms. The Bertz CT molecular complexity index is 560. The van der Waals surface area contributed by atoms with Crippen LogP contribution in [0.5, 0.6) is 0 Å². The molecule has 0 amide bonds.